The molecule has 0 spiro atoms. The Kier molecular flexibility index (Phi) is 2.45. The Morgan fingerprint density at radius 3 is 2.50 bits per heavy atom. The molecule has 0 amide bonds. The van der Waals surface area contributed by atoms with Crippen molar-refractivity contribution in [2.24, 2.45) is 0 Å². The van der Waals surface area contributed by atoms with Crippen LogP contribution in [0.4, 0.5) is 8.78 Å². The maximum Gasteiger partial charge on any atom is 0.199 e. The van der Waals surface area contributed by atoms with Crippen LogP contribution in [-0.4, -0.2) is 0 Å². The van der Waals surface area contributed by atoms with E-state index < -0.39 is 11.6 Å². The predicted molar refractivity (Wildman–Crippen MR) is 49.6 cm³/mol. The van der Waals surface area contributed by atoms with E-state index >= 15 is 0 Å². The summed E-state index contributed by atoms with van der Waals surface area (Å²) < 4.78 is 31.2. The molecule has 71 valence electrons. The van der Waals surface area contributed by atoms with Crippen molar-refractivity contribution in [3.8, 4) is 10.8 Å². The topological polar surface area (TPSA) is 9.23 Å². The summed E-state index contributed by atoms with van der Waals surface area (Å²) in [7, 11) is 0. The number of rotatable bonds is 2. The van der Waals surface area contributed by atoms with Crippen LogP contribution in [0.25, 0.3) is 0 Å². The molecule has 0 saturated heterocycles. The van der Waals surface area contributed by atoms with Gasteiger partial charge in [-0.25, -0.2) is 8.78 Å². The maximum atomic E-state index is 13.1. The highest BCUT2D eigenvalue weighted by atomic mass is 32.1. The third-order valence-corrected chi connectivity index (χ3v) is 2.25. The number of para-hydroxylation sites is 1. The van der Waals surface area contributed by atoms with Crippen LogP contribution < -0.4 is 4.74 Å². The van der Waals surface area contributed by atoms with Crippen LogP contribution in [0.2, 0.25) is 0 Å². The molecule has 0 bridgehead atoms. The lowest BCUT2D eigenvalue weighted by molar-refractivity contribution is 0.415. The lowest BCUT2D eigenvalue weighted by Crippen LogP contribution is -1.89. The zero-order valence-corrected chi connectivity index (χ0v) is 7.78. The van der Waals surface area contributed by atoms with Crippen molar-refractivity contribution in [1.29, 1.82) is 0 Å². The Bertz CT molecular complexity index is 405. The average Bonchev–Trinajstić information content (AvgIpc) is 2.64. The van der Waals surface area contributed by atoms with Crippen molar-refractivity contribution in [2.75, 3.05) is 0 Å². The molecule has 1 radical (unpaired) electrons. The second-order valence-electron chi connectivity index (χ2n) is 2.52. The molecule has 1 heterocycles. The molecule has 2 rings (SSSR count). The van der Waals surface area contributed by atoms with Gasteiger partial charge in [-0.15, -0.1) is 11.3 Å². The summed E-state index contributed by atoms with van der Waals surface area (Å²) in [5, 5.41) is 2.06. The monoisotopic (exact) mass is 211 g/mol. The maximum absolute atomic E-state index is 13.1. The average molecular weight is 211 g/mol. The van der Waals surface area contributed by atoms with Gasteiger partial charge in [-0.2, -0.15) is 0 Å². The summed E-state index contributed by atoms with van der Waals surface area (Å²) in [5.41, 5.74) is 0. The van der Waals surface area contributed by atoms with Crippen molar-refractivity contribution in [2.45, 2.75) is 0 Å². The molecule has 1 aromatic carbocycles. The van der Waals surface area contributed by atoms with Gasteiger partial charge in [0.05, 0.1) is 0 Å². The molecule has 0 N–H and O–H groups in total. The molecule has 4 heteroatoms. The van der Waals surface area contributed by atoms with E-state index in [0.29, 0.717) is 5.06 Å². The lowest BCUT2D eigenvalue weighted by Gasteiger charge is -2.04. The Morgan fingerprint density at radius 2 is 1.93 bits per heavy atom. The van der Waals surface area contributed by atoms with Gasteiger partial charge in [0.2, 0.25) is 0 Å². The first-order chi connectivity index (χ1) is 6.77. The van der Waals surface area contributed by atoms with E-state index in [1.54, 1.807) is 5.38 Å². The number of ether oxygens (including phenoxy) is 1. The van der Waals surface area contributed by atoms with Gasteiger partial charge in [0.15, 0.2) is 22.4 Å². The Labute approximate surface area is 83.6 Å². The van der Waals surface area contributed by atoms with E-state index in [2.05, 4.69) is 6.07 Å². The van der Waals surface area contributed by atoms with Crippen molar-refractivity contribution in [3.63, 3.8) is 0 Å². The van der Waals surface area contributed by atoms with E-state index in [4.69, 9.17) is 4.74 Å². The first-order valence-electron chi connectivity index (χ1n) is 3.84. The smallest absolute Gasteiger partial charge is 0.199 e. The highest BCUT2D eigenvalue weighted by Gasteiger charge is 2.10. The normalized spacial score (nSPS) is 10.1. The van der Waals surface area contributed by atoms with Crippen LogP contribution in [0.3, 0.4) is 0 Å². The number of thiophene rings is 1. The minimum Gasteiger partial charge on any atom is -0.440 e. The molecule has 0 aliphatic carbocycles. The third-order valence-electron chi connectivity index (χ3n) is 1.57. The first kappa shape index (κ1) is 9.15. The predicted octanol–water partition coefficient (Wildman–Crippen LogP) is 3.62. The van der Waals surface area contributed by atoms with Crippen molar-refractivity contribution in [1.82, 2.24) is 0 Å². The number of hydrogen-bond acceptors (Lipinski definition) is 2. The third kappa shape index (κ3) is 1.75. The number of benzene rings is 1. The second kappa shape index (κ2) is 3.75. The minimum atomic E-state index is -0.710. The van der Waals surface area contributed by atoms with Gasteiger partial charge >= 0.3 is 0 Å². The molecule has 1 aromatic heterocycles. The molecule has 0 aliphatic rings. The SMILES string of the molecule is Fc1cccc(F)c1Oc1c[c]cs1. The molecule has 0 unspecified atom stereocenters. The van der Waals surface area contributed by atoms with Crippen molar-refractivity contribution < 1.29 is 13.5 Å². The van der Waals surface area contributed by atoms with Gasteiger partial charge < -0.3 is 4.74 Å². The molecular formula is C10H5F2OS. The summed E-state index contributed by atoms with van der Waals surface area (Å²) in [6.07, 6.45) is 0. The van der Waals surface area contributed by atoms with Gasteiger partial charge in [0.1, 0.15) is 0 Å². The standard InChI is InChI=1S/C10H5F2OS/c11-7-3-1-4-8(12)10(7)13-9-5-2-6-14-9/h1,3-6H. The zero-order valence-electron chi connectivity index (χ0n) is 6.96. The molecular weight excluding hydrogens is 206 g/mol. The molecule has 1 nitrogen and oxygen atoms in total. The van der Waals surface area contributed by atoms with Gasteiger partial charge in [0, 0.05) is 11.4 Å². The van der Waals surface area contributed by atoms with E-state index in [1.165, 1.54) is 23.5 Å². The highest BCUT2D eigenvalue weighted by molar-refractivity contribution is 7.11. The van der Waals surface area contributed by atoms with Gasteiger partial charge in [-0.3, -0.25) is 0 Å². The number of halogens is 2. The van der Waals surface area contributed by atoms with Gasteiger partial charge in [-0.05, 0) is 18.2 Å². The molecule has 14 heavy (non-hydrogen) atoms. The summed E-state index contributed by atoms with van der Waals surface area (Å²) in [6.45, 7) is 0. The van der Waals surface area contributed by atoms with E-state index in [0.717, 1.165) is 12.1 Å². The van der Waals surface area contributed by atoms with Gasteiger partial charge in [-0.1, -0.05) is 6.07 Å². The fourth-order valence-corrected chi connectivity index (χ4v) is 1.48. The second-order valence-corrected chi connectivity index (χ2v) is 3.39. The summed E-state index contributed by atoms with van der Waals surface area (Å²) in [4.78, 5) is 0. The van der Waals surface area contributed by atoms with Crippen LogP contribution in [0.15, 0.2) is 29.6 Å². The zero-order chi connectivity index (χ0) is 9.97. The van der Waals surface area contributed by atoms with Crippen molar-refractivity contribution >= 4 is 11.3 Å². The molecule has 2 aromatic rings. The fraction of sp³-hybridized carbons (Fsp3) is 0. The van der Waals surface area contributed by atoms with Crippen LogP contribution in [0.1, 0.15) is 0 Å². The largest absolute Gasteiger partial charge is 0.440 e. The molecule has 0 fully saturated rings. The summed E-state index contributed by atoms with van der Waals surface area (Å²) >= 11 is 1.22. The Hall–Kier alpha value is -1.42. The lowest BCUT2D eigenvalue weighted by atomic mass is 10.3. The van der Waals surface area contributed by atoms with E-state index in [-0.39, 0.29) is 5.75 Å². The Morgan fingerprint density at radius 1 is 1.21 bits per heavy atom. The molecule has 0 atom stereocenters. The van der Waals surface area contributed by atoms with E-state index in [1.807, 2.05) is 0 Å². The van der Waals surface area contributed by atoms with E-state index in [9.17, 15) is 8.78 Å². The Balaban J connectivity index is 2.33. The molecule has 0 aliphatic heterocycles. The minimum absolute atomic E-state index is 0.372. The summed E-state index contributed by atoms with van der Waals surface area (Å²) in [6, 6.07) is 7.85. The number of hydrogen-bond donors (Lipinski definition) is 0. The molecule has 0 saturated carbocycles. The van der Waals surface area contributed by atoms with Crippen LogP contribution in [0, 0.1) is 17.7 Å². The van der Waals surface area contributed by atoms with Gasteiger partial charge in [0.25, 0.3) is 0 Å². The highest BCUT2D eigenvalue weighted by Crippen LogP contribution is 2.29. The van der Waals surface area contributed by atoms with Crippen molar-refractivity contribution in [3.05, 3.63) is 47.3 Å². The van der Waals surface area contributed by atoms with Crippen LogP contribution in [0.5, 0.6) is 10.8 Å². The first-order valence-corrected chi connectivity index (χ1v) is 4.72. The van der Waals surface area contributed by atoms with Crippen LogP contribution >= 0.6 is 11.3 Å². The summed E-state index contributed by atoms with van der Waals surface area (Å²) in [5.74, 6) is -1.79. The fourth-order valence-electron chi connectivity index (χ4n) is 0.962. The quantitative estimate of drug-likeness (QED) is 0.737. The van der Waals surface area contributed by atoms with Crippen LogP contribution in [-0.2, 0) is 0 Å².